The topological polar surface area (TPSA) is 61.0 Å². The average Bonchev–Trinajstić information content (AvgIpc) is 2.99. The molecule has 23 heavy (non-hydrogen) atoms. The Morgan fingerprint density at radius 2 is 2.00 bits per heavy atom. The van der Waals surface area contributed by atoms with Crippen LogP contribution >= 0.6 is 0 Å². The standard InChI is InChI=1S/C18H24N4O/c1-12(2)17(13-7-5-4-6-8-13)22(3)18(23)16-14-11-19-10-9-15(14)20-21-16/h4-8,12,17,19H,9-11H2,1-3H3,(H,20,21). The first-order chi connectivity index (χ1) is 11.1. The largest absolute Gasteiger partial charge is 0.333 e. The Labute approximate surface area is 137 Å². The maximum Gasteiger partial charge on any atom is 0.274 e. The van der Waals surface area contributed by atoms with Crippen LogP contribution in [0.25, 0.3) is 0 Å². The molecule has 0 saturated carbocycles. The van der Waals surface area contributed by atoms with Crippen LogP contribution in [0.5, 0.6) is 0 Å². The van der Waals surface area contributed by atoms with E-state index in [0.29, 0.717) is 18.2 Å². The average molecular weight is 312 g/mol. The summed E-state index contributed by atoms with van der Waals surface area (Å²) in [6.45, 7) is 5.92. The van der Waals surface area contributed by atoms with E-state index in [9.17, 15) is 4.79 Å². The molecule has 1 aliphatic rings. The lowest BCUT2D eigenvalue weighted by atomic mass is 9.94. The molecule has 0 spiro atoms. The first kappa shape index (κ1) is 15.7. The minimum Gasteiger partial charge on any atom is -0.333 e. The summed E-state index contributed by atoms with van der Waals surface area (Å²) in [5.41, 5.74) is 3.81. The molecule has 2 aromatic rings. The Kier molecular flexibility index (Phi) is 4.48. The number of hydrogen-bond acceptors (Lipinski definition) is 3. The maximum atomic E-state index is 13.0. The molecular weight excluding hydrogens is 288 g/mol. The second kappa shape index (κ2) is 6.54. The van der Waals surface area contributed by atoms with E-state index in [2.05, 4.69) is 41.5 Å². The van der Waals surface area contributed by atoms with Crippen molar-refractivity contribution < 1.29 is 4.79 Å². The van der Waals surface area contributed by atoms with Crippen molar-refractivity contribution in [3.05, 3.63) is 52.8 Å². The van der Waals surface area contributed by atoms with Gasteiger partial charge in [-0.2, -0.15) is 5.10 Å². The molecule has 1 atom stereocenters. The molecule has 0 bridgehead atoms. The predicted octanol–water partition coefficient (Wildman–Crippen LogP) is 2.52. The zero-order valence-electron chi connectivity index (χ0n) is 14.0. The summed E-state index contributed by atoms with van der Waals surface area (Å²) >= 11 is 0. The number of aromatic amines is 1. The van der Waals surface area contributed by atoms with E-state index < -0.39 is 0 Å². The maximum absolute atomic E-state index is 13.0. The number of rotatable bonds is 4. The zero-order valence-corrected chi connectivity index (χ0v) is 14.0. The van der Waals surface area contributed by atoms with Crippen molar-refractivity contribution in [3.63, 3.8) is 0 Å². The van der Waals surface area contributed by atoms with Gasteiger partial charge in [-0.3, -0.25) is 9.89 Å². The highest BCUT2D eigenvalue weighted by molar-refractivity contribution is 5.94. The lowest BCUT2D eigenvalue weighted by molar-refractivity contribution is 0.0679. The molecule has 5 heteroatoms. The van der Waals surface area contributed by atoms with Gasteiger partial charge in [-0.05, 0) is 11.5 Å². The molecule has 1 aromatic heterocycles. The fourth-order valence-electron chi connectivity index (χ4n) is 3.40. The molecular formula is C18H24N4O. The minimum atomic E-state index is -0.0197. The van der Waals surface area contributed by atoms with Crippen molar-refractivity contribution in [2.24, 2.45) is 5.92 Å². The molecule has 5 nitrogen and oxygen atoms in total. The molecule has 0 saturated heterocycles. The van der Waals surface area contributed by atoms with Gasteiger partial charge in [0.25, 0.3) is 5.91 Å². The molecule has 0 radical (unpaired) electrons. The van der Waals surface area contributed by atoms with E-state index in [1.165, 1.54) is 0 Å². The number of nitrogens with zero attached hydrogens (tertiary/aromatic N) is 2. The summed E-state index contributed by atoms with van der Waals surface area (Å²) in [7, 11) is 1.87. The second-order valence-corrected chi connectivity index (χ2v) is 6.47. The van der Waals surface area contributed by atoms with Crippen LogP contribution in [-0.4, -0.2) is 34.6 Å². The number of carbonyl (C=O) groups is 1. The molecule has 1 amide bonds. The molecule has 122 valence electrons. The number of fused-ring (bicyclic) bond motifs is 1. The normalized spacial score (nSPS) is 15.3. The summed E-state index contributed by atoms with van der Waals surface area (Å²) in [5.74, 6) is 0.299. The fraction of sp³-hybridized carbons (Fsp3) is 0.444. The number of amides is 1. The number of aromatic nitrogens is 2. The van der Waals surface area contributed by atoms with E-state index in [-0.39, 0.29) is 11.9 Å². The van der Waals surface area contributed by atoms with Gasteiger partial charge in [0, 0.05) is 37.8 Å². The highest BCUT2D eigenvalue weighted by Crippen LogP contribution is 2.29. The monoisotopic (exact) mass is 312 g/mol. The first-order valence-corrected chi connectivity index (χ1v) is 8.18. The summed E-state index contributed by atoms with van der Waals surface area (Å²) in [6.07, 6.45) is 0.894. The molecule has 3 rings (SSSR count). The molecule has 1 aromatic carbocycles. The number of hydrogen-bond donors (Lipinski definition) is 2. The third kappa shape index (κ3) is 3.01. The van der Waals surface area contributed by atoms with E-state index >= 15 is 0 Å². The van der Waals surface area contributed by atoms with Crippen LogP contribution in [0.2, 0.25) is 0 Å². The van der Waals surface area contributed by atoms with Gasteiger partial charge in [-0.1, -0.05) is 44.2 Å². The summed E-state index contributed by atoms with van der Waals surface area (Å²) in [5, 5.41) is 10.6. The van der Waals surface area contributed by atoms with Crippen LogP contribution < -0.4 is 5.32 Å². The Hall–Kier alpha value is -2.14. The Balaban J connectivity index is 1.90. The molecule has 0 fully saturated rings. The van der Waals surface area contributed by atoms with Crippen molar-refractivity contribution in [1.29, 1.82) is 0 Å². The van der Waals surface area contributed by atoms with Crippen molar-refractivity contribution in [3.8, 4) is 0 Å². The van der Waals surface area contributed by atoms with Crippen LogP contribution in [0, 0.1) is 5.92 Å². The van der Waals surface area contributed by atoms with Gasteiger partial charge in [0.05, 0.1) is 6.04 Å². The van der Waals surface area contributed by atoms with Gasteiger partial charge in [-0.15, -0.1) is 0 Å². The van der Waals surface area contributed by atoms with Crippen LogP contribution in [0.1, 0.15) is 47.2 Å². The van der Waals surface area contributed by atoms with Gasteiger partial charge >= 0.3 is 0 Å². The van der Waals surface area contributed by atoms with Gasteiger partial charge < -0.3 is 10.2 Å². The van der Waals surface area contributed by atoms with E-state index in [4.69, 9.17) is 0 Å². The number of nitrogens with one attached hydrogen (secondary N) is 2. The van der Waals surface area contributed by atoms with Crippen LogP contribution in [0.3, 0.4) is 0 Å². The van der Waals surface area contributed by atoms with Gasteiger partial charge in [0.15, 0.2) is 5.69 Å². The van der Waals surface area contributed by atoms with Crippen molar-refractivity contribution in [1.82, 2.24) is 20.4 Å². The fourth-order valence-corrected chi connectivity index (χ4v) is 3.40. The summed E-state index contributed by atoms with van der Waals surface area (Å²) in [6, 6.07) is 10.2. The molecule has 2 heterocycles. The Bertz CT molecular complexity index is 678. The third-order valence-corrected chi connectivity index (χ3v) is 4.52. The minimum absolute atomic E-state index is 0.0197. The summed E-state index contributed by atoms with van der Waals surface area (Å²) in [4.78, 5) is 14.8. The Morgan fingerprint density at radius 3 is 2.70 bits per heavy atom. The summed E-state index contributed by atoms with van der Waals surface area (Å²) < 4.78 is 0. The number of benzene rings is 1. The van der Waals surface area contributed by atoms with Crippen molar-refractivity contribution >= 4 is 5.91 Å². The molecule has 2 N–H and O–H groups in total. The van der Waals surface area contributed by atoms with Gasteiger partial charge in [0.2, 0.25) is 0 Å². The highest BCUT2D eigenvalue weighted by Gasteiger charge is 2.29. The predicted molar refractivity (Wildman–Crippen MR) is 90.1 cm³/mol. The Morgan fingerprint density at radius 1 is 1.26 bits per heavy atom. The van der Waals surface area contributed by atoms with Crippen molar-refractivity contribution in [2.45, 2.75) is 32.9 Å². The van der Waals surface area contributed by atoms with E-state index in [1.54, 1.807) is 0 Å². The van der Waals surface area contributed by atoms with Crippen LogP contribution in [-0.2, 0) is 13.0 Å². The van der Waals surface area contributed by atoms with Crippen LogP contribution in [0.4, 0.5) is 0 Å². The number of H-pyrrole nitrogens is 1. The molecule has 1 aliphatic heterocycles. The SMILES string of the molecule is CC(C)C(c1ccccc1)N(C)C(=O)c1n[nH]c2c1CNCC2. The number of carbonyl (C=O) groups excluding carboxylic acids is 1. The highest BCUT2D eigenvalue weighted by atomic mass is 16.2. The first-order valence-electron chi connectivity index (χ1n) is 8.18. The lowest BCUT2D eigenvalue weighted by Crippen LogP contribution is -2.35. The lowest BCUT2D eigenvalue weighted by Gasteiger charge is -2.31. The van der Waals surface area contributed by atoms with Crippen LogP contribution in [0.15, 0.2) is 30.3 Å². The van der Waals surface area contributed by atoms with Gasteiger partial charge in [0.1, 0.15) is 0 Å². The second-order valence-electron chi connectivity index (χ2n) is 6.47. The zero-order chi connectivity index (χ0) is 16.4. The van der Waals surface area contributed by atoms with Gasteiger partial charge in [-0.25, -0.2) is 0 Å². The molecule has 1 unspecified atom stereocenters. The van der Waals surface area contributed by atoms with E-state index in [0.717, 1.165) is 29.8 Å². The smallest absolute Gasteiger partial charge is 0.274 e. The third-order valence-electron chi connectivity index (χ3n) is 4.52. The van der Waals surface area contributed by atoms with E-state index in [1.807, 2.05) is 30.1 Å². The molecule has 0 aliphatic carbocycles. The van der Waals surface area contributed by atoms with Crippen molar-refractivity contribution in [2.75, 3.05) is 13.6 Å². The quantitative estimate of drug-likeness (QED) is 0.912.